The maximum atomic E-state index is 12.7. The van der Waals surface area contributed by atoms with Crippen molar-refractivity contribution < 1.29 is 57.1 Å². The van der Waals surface area contributed by atoms with E-state index in [0.29, 0.717) is 224 Å². The molecule has 128 heavy (non-hydrogen) atoms. The minimum atomic E-state index is -0.270. The van der Waals surface area contributed by atoms with Gasteiger partial charge in [0, 0.05) is 130 Å². The van der Waals surface area contributed by atoms with Crippen LogP contribution in [0.1, 0.15) is 122 Å². The normalized spacial score (nSPS) is 20.8. The lowest BCUT2D eigenvalue weighted by molar-refractivity contribution is -0.135. The molecule has 0 spiro atoms. The molecule has 16 rings (SSSR count). The third-order valence-electron chi connectivity index (χ3n) is 23.7. The molecule has 0 bridgehead atoms. The van der Waals surface area contributed by atoms with E-state index >= 15 is 0 Å². The number of carbonyl (C=O) groups excluding carboxylic acids is 4. The van der Waals surface area contributed by atoms with Gasteiger partial charge in [-0.05, 0) is 128 Å². The molecule has 0 unspecified atom stereocenters. The topological polar surface area (TPSA) is 498 Å². The summed E-state index contributed by atoms with van der Waals surface area (Å²) in [6.45, 7) is 18.7. The van der Waals surface area contributed by atoms with E-state index < -0.39 is 0 Å². The van der Waals surface area contributed by atoms with Crippen LogP contribution in [-0.4, -0.2) is 284 Å². The van der Waals surface area contributed by atoms with Crippen LogP contribution in [0.4, 0.5) is 23.3 Å². The third-order valence-corrected chi connectivity index (χ3v) is 23.7. The fourth-order valence-electron chi connectivity index (χ4n) is 15.9. The second kappa shape index (κ2) is 44.9. The first-order chi connectivity index (χ1) is 62.1. The average Bonchev–Trinajstić information content (AvgIpc) is 1.56. The van der Waals surface area contributed by atoms with Gasteiger partial charge < -0.3 is 77.1 Å². The summed E-state index contributed by atoms with van der Waals surface area (Å²) in [7, 11) is 0. The molecule has 40 heteroatoms. The number of nitrogens with one attached hydrogen (secondary N) is 4. The van der Waals surface area contributed by atoms with E-state index in [0.717, 1.165) is 74.6 Å². The number of ether oxygens (including phenoxy) is 8. The molecule has 8 aliphatic heterocycles. The highest BCUT2D eigenvalue weighted by atomic mass is 16.6. The molecule has 8 fully saturated rings. The van der Waals surface area contributed by atoms with E-state index in [1.54, 1.807) is 76.7 Å². The van der Waals surface area contributed by atoms with E-state index in [2.05, 4.69) is 105 Å². The Morgan fingerprint density at radius 2 is 0.508 bits per heavy atom. The van der Waals surface area contributed by atoms with Gasteiger partial charge in [-0.2, -0.15) is 41.4 Å². The Bertz CT molecular complexity index is 4830. The number of nitriles is 4. The predicted octanol–water partition coefficient (Wildman–Crippen LogP) is 4.04. The highest BCUT2D eigenvalue weighted by Crippen LogP contribution is 2.31. The van der Waals surface area contributed by atoms with Gasteiger partial charge in [-0.15, -0.1) is 0 Å². The first-order valence-corrected chi connectivity index (χ1v) is 43.0. The fraction of sp³-hybridized carbons (Fsp3) is 0.500. The number of rotatable bonds is 24. The molecule has 4 amide bonds. The Hall–Kier alpha value is -13.8. The van der Waals surface area contributed by atoms with Crippen LogP contribution in [0.5, 0.6) is 23.0 Å². The summed E-state index contributed by atoms with van der Waals surface area (Å²) in [6, 6.07) is 22.7. The molecule has 0 radical (unpaired) electrons. The van der Waals surface area contributed by atoms with Crippen molar-refractivity contribution >= 4 is 46.9 Å². The molecular weight excluding hydrogens is 1650 g/mol. The molecule has 8 atom stereocenters. The van der Waals surface area contributed by atoms with Crippen molar-refractivity contribution in [2.24, 2.45) is 0 Å². The summed E-state index contributed by atoms with van der Waals surface area (Å²) in [4.78, 5) is 131. The molecule has 8 aliphatic rings. The maximum absolute atomic E-state index is 12.7. The van der Waals surface area contributed by atoms with Gasteiger partial charge in [0.2, 0.25) is 23.6 Å². The quantitative estimate of drug-likeness (QED) is 0.0663. The molecule has 8 saturated heterocycles. The molecule has 40 nitrogen and oxygen atoms in total. The highest BCUT2D eigenvalue weighted by molar-refractivity contribution is 5.79. The predicted molar refractivity (Wildman–Crippen MR) is 461 cm³/mol. The van der Waals surface area contributed by atoms with Crippen molar-refractivity contribution in [2.75, 3.05) is 151 Å². The Balaban J connectivity index is 0.000000146. The van der Waals surface area contributed by atoms with Crippen LogP contribution in [0.25, 0.3) is 0 Å². The summed E-state index contributed by atoms with van der Waals surface area (Å²) in [5.74, 6) is 5.48. The summed E-state index contributed by atoms with van der Waals surface area (Å²) >= 11 is 0. The summed E-state index contributed by atoms with van der Waals surface area (Å²) in [6.07, 6.45) is 19.2. The largest absolute Gasteiger partial charge is 0.489 e. The smallest absolute Gasteiger partial charge is 0.270 e. The SMILES string of the molecule is Cc1c(OC[C@@H]2CC[C@@H](CC(=O)N3CCN(c4ccc(C#N)cn4)CC3)O2)cn[nH]c1=O.Cc1c(OC[C@@H]2CC[C@H](CC(=O)N3CCN(c4ccc(C#N)cn4)CC3)O2)cn[nH]c1=O.Cc1c(OC[C@H]2CC[C@@H](CC(=O)N3CCN(c4ccc(C#N)cn4)CC3)O2)cn[nH]c1=O.Cc1c(OC[C@H]2CC[C@H](CC(=O)N3CCN(c4ccc(C#N)cn4)CC3)O2)cn[nH]c1=O. The zero-order chi connectivity index (χ0) is 90.0. The van der Waals surface area contributed by atoms with E-state index in [-0.39, 0.29) is 94.7 Å². The number of aromatic amines is 4. The van der Waals surface area contributed by atoms with Crippen molar-refractivity contribution in [3.05, 3.63) is 184 Å². The van der Waals surface area contributed by atoms with Gasteiger partial charge in [-0.25, -0.2) is 40.3 Å². The van der Waals surface area contributed by atoms with Crippen LogP contribution in [0.2, 0.25) is 0 Å². The van der Waals surface area contributed by atoms with Crippen molar-refractivity contribution in [3.8, 4) is 47.3 Å². The molecular formula is C88H104N24O16. The number of nitrogens with zero attached hydrogens (tertiary/aromatic N) is 20. The Morgan fingerprint density at radius 3 is 0.688 bits per heavy atom. The average molecular weight is 1750 g/mol. The zero-order valence-corrected chi connectivity index (χ0v) is 72.0. The van der Waals surface area contributed by atoms with Gasteiger partial charge in [0.15, 0.2) is 0 Å². The Kier molecular flexibility index (Phi) is 32.2. The Morgan fingerprint density at radius 1 is 0.312 bits per heavy atom. The summed E-state index contributed by atoms with van der Waals surface area (Å²) in [5, 5.41) is 60.1. The molecule has 16 heterocycles. The number of carbonyl (C=O) groups is 4. The van der Waals surface area contributed by atoms with Crippen molar-refractivity contribution in [1.29, 1.82) is 21.0 Å². The van der Waals surface area contributed by atoms with Crippen LogP contribution in [0, 0.1) is 73.0 Å². The number of aromatic nitrogens is 12. The van der Waals surface area contributed by atoms with Crippen molar-refractivity contribution in [2.45, 2.75) is 154 Å². The minimum absolute atomic E-state index is 0.0960. The number of pyridine rings is 4. The molecule has 0 aromatic carbocycles. The van der Waals surface area contributed by atoms with Crippen LogP contribution in [0.3, 0.4) is 0 Å². The lowest BCUT2D eigenvalue weighted by Crippen LogP contribution is -2.49. The van der Waals surface area contributed by atoms with Gasteiger partial charge in [-0.1, -0.05) is 0 Å². The molecule has 0 saturated carbocycles. The first kappa shape index (κ1) is 91.9. The number of anilines is 4. The van der Waals surface area contributed by atoms with Gasteiger partial charge >= 0.3 is 0 Å². The lowest BCUT2D eigenvalue weighted by atomic mass is 10.1. The van der Waals surface area contributed by atoms with Crippen LogP contribution < -0.4 is 60.8 Å². The number of piperazine rings is 4. The number of hydrogen-bond acceptors (Lipinski definition) is 32. The zero-order valence-electron chi connectivity index (χ0n) is 72.0. The van der Waals surface area contributed by atoms with Crippen LogP contribution in [-0.2, 0) is 38.1 Å². The van der Waals surface area contributed by atoms with Crippen molar-refractivity contribution in [3.63, 3.8) is 0 Å². The van der Waals surface area contributed by atoms with E-state index in [4.69, 9.17) is 58.9 Å². The minimum Gasteiger partial charge on any atom is -0.489 e. The molecule has 0 aliphatic carbocycles. The Labute approximate surface area is 737 Å². The molecule has 672 valence electrons. The second-order valence-corrected chi connectivity index (χ2v) is 32.2. The van der Waals surface area contributed by atoms with Gasteiger partial charge in [0.05, 0.1) is 144 Å². The van der Waals surface area contributed by atoms with Gasteiger partial charge in [0.1, 0.15) is 97.0 Å². The van der Waals surface area contributed by atoms with E-state index in [1.807, 2.05) is 43.9 Å². The standard InChI is InChI=1S/4C22H26N6O4/c4*1-15-19(13-25-26-22(15)30)31-14-18-4-3-17(32-18)10-21(29)28-8-6-27(7-9-28)20-5-2-16(11-23)12-24-20/h4*2,5,12-13,17-18H,3-4,6-10,14H2,1H3,(H,26,30)/t2*17-,18+;2*17-,18-/m1010/s1. The summed E-state index contributed by atoms with van der Waals surface area (Å²) in [5.41, 5.74) is 3.00. The molecule has 8 aromatic rings. The lowest BCUT2D eigenvalue weighted by Gasteiger charge is -2.35. The number of hydrogen-bond donors (Lipinski definition) is 4. The van der Waals surface area contributed by atoms with Crippen LogP contribution in [0.15, 0.2) is 117 Å². The van der Waals surface area contributed by atoms with Gasteiger partial charge in [0.25, 0.3) is 22.2 Å². The fourth-order valence-corrected chi connectivity index (χ4v) is 15.9. The van der Waals surface area contributed by atoms with Crippen molar-refractivity contribution in [1.82, 2.24) is 80.3 Å². The third kappa shape index (κ3) is 25.3. The monoisotopic (exact) mass is 1750 g/mol. The first-order valence-electron chi connectivity index (χ1n) is 43.0. The van der Waals surface area contributed by atoms with E-state index in [9.17, 15) is 38.4 Å². The van der Waals surface area contributed by atoms with Crippen LogP contribution >= 0.6 is 0 Å². The number of amides is 4. The van der Waals surface area contributed by atoms with Gasteiger partial charge in [-0.3, -0.25) is 38.4 Å². The molecule has 4 N–H and O–H groups in total. The second-order valence-electron chi connectivity index (χ2n) is 32.2. The van der Waals surface area contributed by atoms with E-state index in [1.165, 1.54) is 24.8 Å². The maximum Gasteiger partial charge on any atom is 0.270 e. The number of H-pyrrole nitrogens is 4. The summed E-state index contributed by atoms with van der Waals surface area (Å²) < 4.78 is 46.8. The highest BCUT2D eigenvalue weighted by Gasteiger charge is 2.36. The molecule has 8 aromatic heterocycles.